The average Bonchev–Trinajstić information content (AvgIpc) is 2.27. The molecule has 1 aromatic carbocycles. The first-order chi connectivity index (χ1) is 8.06. The van der Waals surface area contributed by atoms with Gasteiger partial charge in [-0.25, -0.2) is 0 Å². The number of hydrogen-bond donors (Lipinski definition) is 1. The third kappa shape index (κ3) is 4.84. The Morgan fingerprint density at radius 2 is 2.00 bits per heavy atom. The lowest BCUT2D eigenvalue weighted by molar-refractivity contribution is 0.0908. The van der Waals surface area contributed by atoms with Crippen molar-refractivity contribution in [3.8, 4) is 0 Å². The highest BCUT2D eigenvalue weighted by Gasteiger charge is 2.13. The standard InChI is InChI=1S/C11H12BrCl2NO2/c1-17-6-10(5-12)15-11(16)7-2-8(13)4-9(14)3-7/h2-4,10H,5-6H2,1H3,(H,15,16). The Bertz CT molecular complexity index is 381. The number of carbonyl (C=O) groups excluding carboxylic acids is 1. The molecule has 6 heteroatoms. The molecular formula is C11H12BrCl2NO2. The van der Waals surface area contributed by atoms with Crippen LogP contribution in [0.5, 0.6) is 0 Å². The summed E-state index contributed by atoms with van der Waals surface area (Å²) in [6.07, 6.45) is 0. The minimum absolute atomic E-state index is 0.0924. The number of nitrogens with one attached hydrogen (secondary N) is 1. The summed E-state index contributed by atoms with van der Waals surface area (Å²) in [5.74, 6) is -0.226. The number of halogens is 3. The van der Waals surface area contributed by atoms with Crippen molar-refractivity contribution in [3.05, 3.63) is 33.8 Å². The molecule has 1 rings (SSSR count). The summed E-state index contributed by atoms with van der Waals surface area (Å²) in [5, 5.41) is 4.29. The molecule has 1 amide bonds. The van der Waals surface area contributed by atoms with Gasteiger partial charge in [-0.15, -0.1) is 0 Å². The van der Waals surface area contributed by atoms with Crippen molar-refractivity contribution in [1.82, 2.24) is 5.32 Å². The highest BCUT2D eigenvalue weighted by molar-refractivity contribution is 9.09. The zero-order valence-electron chi connectivity index (χ0n) is 9.17. The molecule has 0 saturated heterocycles. The molecule has 3 nitrogen and oxygen atoms in total. The molecule has 0 aliphatic carbocycles. The van der Waals surface area contributed by atoms with Crippen molar-refractivity contribution in [2.75, 3.05) is 19.0 Å². The van der Waals surface area contributed by atoms with Crippen LogP contribution in [0, 0.1) is 0 Å². The van der Waals surface area contributed by atoms with Crippen LogP contribution in [0.15, 0.2) is 18.2 Å². The Balaban J connectivity index is 2.75. The number of methoxy groups -OCH3 is 1. The minimum atomic E-state index is -0.226. The van der Waals surface area contributed by atoms with E-state index in [1.807, 2.05) is 0 Å². The molecule has 1 aromatic rings. The smallest absolute Gasteiger partial charge is 0.251 e. The maximum atomic E-state index is 11.9. The molecule has 1 atom stereocenters. The fourth-order valence-corrected chi connectivity index (χ4v) is 2.15. The number of benzene rings is 1. The fraction of sp³-hybridized carbons (Fsp3) is 0.364. The Morgan fingerprint density at radius 1 is 1.41 bits per heavy atom. The third-order valence-corrected chi connectivity index (χ3v) is 3.23. The molecule has 94 valence electrons. The molecule has 1 unspecified atom stereocenters. The van der Waals surface area contributed by atoms with Gasteiger partial charge in [0.2, 0.25) is 0 Å². The Labute approximate surface area is 119 Å². The summed E-state index contributed by atoms with van der Waals surface area (Å²) < 4.78 is 4.98. The van der Waals surface area contributed by atoms with E-state index in [-0.39, 0.29) is 11.9 Å². The molecule has 0 saturated carbocycles. The van der Waals surface area contributed by atoms with Gasteiger partial charge in [0.15, 0.2) is 0 Å². The maximum absolute atomic E-state index is 11.9. The second kappa shape index (κ2) is 7.21. The number of hydrogen-bond acceptors (Lipinski definition) is 2. The maximum Gasteiger partial charge on any atom is 0.251 e. The van der Waals surface area contributed by atoms with Crippen molar-refractivity contribution < 1.29 is 9.53 Å². The predicted molar refractivity (Wildman–Crippen MR) is 73.4 cm³/mol. The third-order valence-electron chi connectivity index (χ3n) is 2.01. The van der Waals surface area contributed by atoms with Gasteiger partial charge in [-0.05, 0) is 18.2 Å². The van der Waals surface area contributed by atoms with Crippen molar-refractivity contribution in [2.45, 2.75) is 6.04 Å². The van der Waals surface area contributed by atoms with Crippen LogP contribution in [0.2, 0.25) is 10.0 Å². The van der Waals surface area contributed by atoms with E-state index in [4.69, 9.17) is 27.9 Å². The van der Waals surface area contributed by atoms with Crippen LogP contribution in [-0.2, 0) is 4.74 Å². The highest BCUT2D eigenvalue weighted by atomic mass is 79.9. The second-order valence-corrected chi connectivity index (χ2v) is 4.96. The van der Waals surface area contributed by atoms with Gasteiger partial charge in [0.1, 0.15) is 0 Å². The second-order valence-electron chi connectivity index (χ2n) is 3.44. The zero-order valence-corrected chi connectivity index (χ0v) is 12.3. The molecule has 0 aliphatic rings. The number of alkyl halides is 1. The SMILES string of the molecule is COCC(CBr)NC(=O)c1cc(Cl)cc(Cl)c1. The van der Waals surface area contributed by atoms with E-state index < -0.39 is 0 Å². The highest BCUT2D eigenvalue weighted by Crippen LogP contribution is 2.19. The Kier molecular flexibility index (Phi) is 6.27. The van der Waals surface area contributed by atoms with Gasteiger partial charge in [0, 0.05) is 28.0 Å². The molecule has 0 fully saturated rings. The molecule has 1 N–H and O–H groups in total. The molecular weight excluding hydrogens is 329 g/mol. The summed E-state index contributed by atoms with van der Waals surface area (Å²) in [6, 6.07) is 4.63. The monoisotopic (exact) mass is 339 g/mol. The summed E-state index contributed by atoms with van der Waals surface area (Å²) in [6.45, 7) is 0.436. The normalized spacial score (nSPS) is 12.2. The minimum Gasteiger partial charge on any atom is -0.383 e. The predicted octanol–water partition coefficient (Wildman–Crippen LogP) is 3.13. The number of rotatable bonds is 5. The van der Waals surface area contributed by atoms with Crippen LogP contribution in [0.1, 0.15) is 10.4 Å². The summed E-state index contributed by atoms with van der Waals surface area (Å²) in [7, 11) is 1.58. The van der Waals surface area contributed by atoms with Crippen LogP contribution in [0.4, 0.5) is 0 Å². The topological polar surface area (TPSA) is 38.3 Å². The number of ether oxygens (including phenoxy) is 1. The van der Waals surface area contributed by atoms with Gasteiger partial charge >= 0.3 is 0 Å². The van der Waals surface area contributed by atoms with E-state index in [2.05, 4.69) is 21.2 Å². The largest absolute Gasteiger partial charge is 0.383 e. The first-order valence-electron chi connectivity index (χ1n) is 4.88. The zero-order chi connectivity index (χ0) is 12.8. The quantitative estimate of drug-likeness (QED) is 0.836. The van der Waals surface area contributed by atoms with Crippen molar-refractivity contribution in [1.29, 1.82) is 0 Å². The van der Waals surface area contributed by atoms with Crippen LogP contribution < -0.4 is 5.32 Å². The van der Waals surface area contributed by atoms with Crippen LogP contribution in [0.3, 0.4) is 0 Å². The molecule has 0 spiro atoms. The van der Waals surface area contributed by atoms with Gasteiger partial charge in [0.05, 0.1) is 12.6 Å². The average molecular weight is 341 g/mol. The molecule has 0 radical (unpaired) electrons. The van der Waals surface area contributed by atoms with E-state index >= 15 is 0 Å². The molecule has 0 bridgehead atoms. The van der Waals surface area contributed by atoms with Crippen molar-refractivity contribution in [2.24, 2.45) is 0 Å². The summed E-state index contributed by atoms with van der Waals surface area (Å²) in [4.78, 5) is 11.9. The van der Waals surface area contributed by atoms with Crippen LogP contribution >= 0.6 is 39.1 Å². The van der Waals surface area contributed by atoms with Crippen LogP contribution in [-0.4, -0.2) is 31.0 Å². The van der Waals surface area contributed by atoms with Gasteiger partial charge < -0.3 is 10.1 Å². The van der Waals surface area contributed by atoms with E-state index in [0.29, 0.717) is 27.5 Å². The van der Waals surface area contributed by atoms with Gasteiger partial charge in [-0.3, -0.25) is 4.79 Å². The molecule has 17 heavy (non-hydrogen) atoms. The number of amides is 1. The Hall–Kier alpha value is -0.290. The van der Waals surface area contributed by atoms with E-state index in [1.54, 1.807) is 25.3 Å². The lowest BCUT2D eigenvalue weighted by Crippen LogP contribution is -2.39. The lowest BCUT2D eigenvalue weighted by atomic mass is 10.2. The van der Waals surface area contributed by atoms with Crippen molar-refractivity contribution >= 4 is 45.0 Å². The van der Waals surface area contributed by atoms with E-state index in [0.717, 1.165) is 0 Å². The summed E-state index contributed by atoms with van der Waals surface area (Å²) >= 11 is 15.0. The lowest BCUT2D eigenvalue weighted by Gasteiger charge is -2.15. The van der Waals surface area contributed by atoms with Crippen molar-refractivity contribution in [3.63, 3.8) is 0 Å². The van der Waals surface area contributed by atoms with E-state index in [9.17, 15) is 4.79 Å². The molecule has 0 aliphatic heterocycles. The van der Waals surface area contributed by atoms with Gasteiger partial charge in [-0.1, -0.05) is 39.1 Å². The molecule has 0 heterocycles. The fourth-order valence-electron chi connectivity index (χ4n) is 1.28. The van der Waals surface area contributed by atoms with Gasteiger partial charge in [0.25, 0.3) is 5.91 Å². The Morgan fingerprint density at radius 3 is 2.47 bits per heavy atom. The first-order valence-corrected chi connectivity index (χ1v) is 6.76. The van der Waals surface area contributed by atoms with Gasteiger partial charge in [-0.2, -0.15) is 0 Å². The summed E-state index contributed by atoms with van der Waals surface area (Å²) in [5.41, 5.74) is 0.435. The first kappa shape index (κ1) is 14.8. The van der Waals surface area contributed by atoms with E-state index in [1.165, 1.54) is 0 Å². The molecule has 0 aromatic heterocycles. The van der Waals surface area contributed by atoms with Crippen LogP contribution in [0.25, 0.3) is 0 Å². The number of carbonyl (C=O) groups is 1.